The Balaban J connectivity index is 1.43. The van der Waals surface area contributed by atoms with E-state index >= 15 is 0 Å². The Morgan fingerprint density at radius 2 is 1.30 bits per heavy atom. The van der Waals surface area contributed by atoms with Gasteiger partial charge in [-0.05, 0) is 103 Å². The molecule has 0 aliphatic rings. The van der Waals surface area contributed by atoms with E-state index in [1.807, 2.05) is 50.2 Å². The first-order chi connectivity index (χ1) is 22.0. The summed E-state index contributed by atoms with van der Waals surface area (Å²) in [7, 11) is -6.52. The third-order valence-electron chi connectivity index (χ3n) is 7.42. The van der Waals surface area contributed by atoms with E-state index in [4.69, 9.17) is 4.74 Å². The zero-order valence-electron chi connectivity index (χ0n) is 25.5. The first kappa shape index (κ1) is 32.3. The van der Waals surface area contributed by atoms with Crippen LogP contribution >= 0.6 is 0 Å². The van der Waals surface area contributed by atoms with Crippen LogP contribution in [0, 0.1) is 13.8 Å². The molecule has 0 unspecified atom stereocenters. The van der Waals surface area contributed by atoms with Gasteiger partial charge in [-0.1, -0.05) is 48.5 Å². The predicted molar refractivity (Wildman–Crippen MR) is 180 cm³/mol. The molecule has 9 nitrogen and oxygen atoms in total. The molecule has 11 heteroatoms. The van der Waals surface area contributed by atoms with E-state index in [2.05, 4.69) is 10.0 Å². The Hall–Kier alpha value is -5.13. The molecule has 0 radical (unpaired) electrons. The number of amides is 1. The normalized spacial score (nSPS) is 11.5. The molecule has 0 aromatic heterocycles. The maximum atomic E-state index is 14.1. The van der Waals surface area contributed by atoms with Gasteiger partial charge in [-0.25, -0.2) is 16.8 Å². The number of carbonyl (C=O) groups is 1. The molecule has 0 saturated heterocycles. The molecule has 46 heavy (non-hydrogen) atoms. The zero-order valence-corrected chi connectivity index (χ0v) is 27.1. The lowest BCUT2D eigenvalue weighted by Crippen LogP contribution is -2.32. The van der Waals surface area contributed by atoms with Gasteiger partial charge in [0, 0.05) is 11.4 Å². The number of nitrogens with one attached hydrogen (secondary N) is 2. The van der Waals surface area contributed by atoms with Crippen molar-refractivity contribution in [2.75, 3.05) is 21.5 Å². The quantitative estimate of drug-likeness (QED) is 0.162. The number of benzene rings is 5. The SMILES string of the molecule is COc1ccc(S(=O)(=O)N(Cc2ccccc2)c2ccccc2C(=O)Nc2ccc(S(=O)(=O)Nc3ccc(C)c(C)c3)cc2)cc1. The molecule has 5 aromatic rings. The summed E-state index contributed by atoms with van der Waals surface area (Å²) in [5.74, 6) is -0.0596. The Labute approximate surface area is 269 Å². The fourth-order valence-electron chi connectivity index (χ4n) is 4.74. The van der Waals surface area contributed by atoms with Gasteiger partial charge in [-0.3, -0.25) is 13.8 Å². The van der Waals surface area contributed by atoms with Gasteiger partial charge in [0.2, 0.25) is 0 Å². The monoisotopic (exact) mass is 655 g/mol. The summed E-state index contributed by atoms with van der Waals surface area (Å²) < 4.78 is 63.1. The summed E-state index contributed by atoms with van der Waals surface area (Å²) in [5, 5.41) is 2.77. The number of anilines is 3. The number of aryl methyl sites for hydroxylation is 2. The van der Waals surface area contributed by atoms with E-state index in [1.165, 1.54) is 47.8 Å². The van der Waals surface area contributed by atoms with Crippen LogP contribution in [0.25, 0.3) is 0 Å². The number of hydrogen-bond acceptors (Lipinski definition) is 6. The first-order valence-corrected chi connectivity index (χ1v) is 17.2. The van der Waals surface area contributed by atoms with E-state index in [9.17, 15) is 21.6 Å². The molecule has 2 N–H and O–H groups in total. The number of para-hydroxylation sites is 1. The van der Waals surface area contributed by atoms with Crippen molar-refractivity contribution in [2.45, 2.75) is 30.2 Å². The van der Waals surface area contributed by atoms with Crippen molar-refractivity contribution in [3.05, 3.63) is 144 Å². The second-order valence-electron chi connectivity index (χ2n) is 10.6. The van der Waals surface area contributed by atoms with E-state index < -0.39 is 26.0 Å². The molecule has 0 atom stereocenters. The average Bonchev–Trinajstić information content (AvgIpc) is 3.06. The number of nitrogens with zero attached hydrogens (tertiary/aromatic N) is 1. The van der Waals surface area contributed by atoms with Gasteiger partial charge in [-0.2, -0.15) is 0 Å². The minimum atomic E-state index is -4.14. The lowest BCUT2D eigenvalue weighted by Gasteiger charge is -2.26. The fourth-order valence-corrected chi connectivity index (χ4v) is 7.26. The molecule has 5 rings (SSSR count). The van der Waals surface area contributed by atoms with Gasteiger partial charge in [0.1, 0.15) is 5.75 Å². The molecule has 0 aliphatic carbocycles. The number of hydrogen-bond donors (Lipinski definition) is 2. The highest BCUT2D eigenvalue weighted by Crippen LogP contribution is 2.31. The Kier molecular flexibility index (Phi) is 9.45. The van der Waals surface area contributed by atoms with Crippen molar-refractivity contribution in [3.8, 4) is 5.75 Å². The Morgan fingerprint density at radius 1 is 0.696 bits per heavy atom. The Morgan fingerprint density at radius 3 is 1.96 bits per heavy atom. The maximum Gasteiger partial charge on any atom is 0.264 e. The van der Waals surface area contributed by atoms with Gasteiger partial charge in [0.15, 0.2) is 0 Å². The number of rotatable bonds is 11. The van der Waals surface area contributed by atoms with E-state index in [1.54, 1.807) is 48.5 Å². The molecular weight excluding hydrogens is 623 g/mol. The lowest BCUT2D eigenvalue weighted by molar-refractivity contribution is 0.102. The Bertz CT molecular complexity index is 2070. The number of methoxy groups -OCH3 is 1. The van der Waals surface area contributed by atoms with E-state index in [0.29, 0.717) is 17.1 Å². The van der Waals surface area contributed by atoms with Crippen LogP contribution in [0.3, 0.4) is 0 Å². The van der Waals surface area contributed by atoms with Crippen molar-refractivity contribution in [1.82, 2.24) is 0 Å². The van der Waals surface area contributed by atoms with Crippen molar-refractivity contribution in [2.24, 2.45) is 0 Å². The van der Waals surface area contributed by atoms with Crippen LogP contribution in [-0.2, 0) is 26.6 Å². The predicted octanol–water partition coefficient (Wildman–Crippen LogP) is 6.76. The smallest absolute Gasteiger partial charge is 0.264 e. The lowest BCUT2D eigenvalue weighted by atomic mass is 10.1. The highest BCUT2D eigenvalue weighted by Gasteiger charge is 2.29. The summed E-state index contributed by atoms with van der Waals surface area (Å²) >= 11 is 0. The summed E-state index contributed by atoms with van der Waals surface area (Å²) in [6.45, 7) is 3.82. The highest BCUT2D eigenvalue weighted by atomic mass is 32.2. The minimum absolute atomic E-state index is 0.0174. The molecule has 0 saturated carbocycles. The van der Waals surface area contributed by atoms with Crippen molar-refractivity contribution in [1.29, 1.82) is 0 Å². The zero-order chi connectivity index (χ0) is 32.9. The van der Waals surface area contributed by atoms with Crippen LogP contribution in [0.1, 0.15) is 27.0 Å². The number of sulfonamides is 2. The van der Waals surface area contributed by atoms with Gasteiger partial charge < -0.3 is 10.1 Å². The summed E-state index contributed by atoms with van der Waals surface area (Å²) in [5.41, 5.74) is 3.80. The maximum absolute atomic E-state index is 14.1. The third kappa shape index (κ3) is 7.22. The molecule has 5 aromatic carbocycles. The first-order valence-electron chi connectivity index (χ1n) is 14.3. The van der Waals surface area contributed by atoms with Crippen LogP contribution in [0.5, 0.6) is 5.75 Å². The van der Waals surface area contributed by atoms with E-state index in [-0.39, 0.29) is 27.6 Å². The summed E-state index contributed by atoms with van der Waals surface area (Å²) in [6, 6.07) is 32.6. The number of ether oxygens (including phenoxy) is 1. The molecule has 0 fully saturated rings. The average molecular weight is 656 g/mol. The van der Waals surface area contributed by atoms with Crippen molar-refractivity contribution in [3.63, 3.8) is 0 Å². The van der Waals surface area contributed by atoms with Gasteiger partial charge >= 0.3 is 0 Å². The van der Waals surface area contributed by atoms with Crippen LogP contribution < -0.4 is 19.1 Å². The largest absolute Gasteiger partial charge is 0.497 e. The van der Waals surface area contributed by atoms with E-state index in [0.717, 1.165) is 16.7 Å². The van der Waals surface area contributed by atoms with Gasteiger partial charge in [-0.15, -0.1) is 0 Å². The standard InChI is InChI=1S/C35H33N3O6S2/c1-25-13-14-29(23-26(25)2)37-45(40,41)31-19-15-28(16-20-31)36-35(39)33-11-7-8-12-34(33)38(24-27-9-5-4-6-10-27)46(42,43)32-21-17-30(44-3)18-22-32/h4-23,37H,24H2,1-3H3,(H,36,39). The van der Waals surface area contributed by atoms with Gasteiger partial charge in [0.25, 0.3) is 26.0 Å². The molecule has 236 valence electrons. The molecule has 0 spiro atoms. The third-order valence-corrected chi connectivity index (χ3v) is 10.6. The second-order valence-corrected chi connectivity index (χ2v) is 14.1. The van der Waals surface area contributed by atoms with Crippen LogP contribution in [0.4, 0.5) is 17.1 Å². The second kappa shape index (κ2) is 13.5. The number of carbonyl (C=O) groups excluding carboxylic acids is 1. The molecule has 0 heterocycles. The topological polar surface area (TPSA) is 122 Å². The van der Waals surface area contributed by atoms with Crippen molar-refractivity contribution >= 4 is 43.0 Å². The molecular formula is C35H33N3O6S2. The molecule has 0 aliphatic heterocycles. The summed E-state index contributed by atoms with van der Waals surface area (Å²) in [6.07, 6.45) is 0. The van der Waals surface area contributed by atoms with Crippen LogP contribution in [0.15, 0.2) is 131 Å². The molecule has 0 bridgehead atoms. The van der Waals surface area contributed by atoms with Gasteiger partial charge in [0.05, 0.1) is 34.7 Å². The minimum Gasteiger partial charge on any atom is -0.497 e. The fraction of sp³-hybridized carbons (Fsp3) is 0.114. The van der Waals surface area contributed by atoms with Crippen LogP contribution in [-0.4, -0.2) is 29.9 Å². The van der Waals surface area contributed by atoms with Crippen LogP contribution in [0.2, 0.25) is 0 Å². The van der Waals surface area contributed by atoms with Crippen molar-refractivity contribution < 1.29 is 26.4 Å². The summed E-state index contributed by atoms with van der Waals surface area (Å²) in [4.78, 5) is 13.7. The highest BCUT2D eigenvalue weighted by molar-refractivity contribution is 7.93. The molecule has 1 amide bonds.